The van der Waals surface area contributed by atoms with Gasteiger partial charge in [0.05, 0.1) is 4.99 Å². The molecule has 1 aromatic heterocycles. The first kappa shape index (κ1) is 13.9. The topological polar surface area (TPSA) is 42.1 Å². The van der Waals surface area contributed by atoms with Crippen LogP contribution in [0.5, 0.6) is 0 Å². The molecule has 5 heteroatoms. The molecule has 18 heavy (non-hydrogen) atoms. The average Bonchev–Trinajstić information content (AvgIpc) is 2.80. The molecular formula is C13H18BrN3S. The molecular weight excluding hydrogens is 310 g/mol. The molecule has 2 N–H and O–H groups in total. The van der Waals surface area contributed by atoms with Crippen LogP contribution in [-0.2, 0) is 6.54 Å². The van der Waals surface area contributed by atoms with Crippen LogP contribution in [0.4, 0.5) is 0 Å². The summed E-state index contributed by atoms with van der Waals surface area (Å²) < 4.78 is 1.02. The Morgan fingerprint density at radius 1 is 1.44 bits per heavy atom. The molecule has 0 radical (unpaired) electrons. The molecule has 1 saturated carbocycles. The van der Waals surface area contributed by atoms with E-state index in [9.17, 15) is 0 Å². The fourth-order valence-electron chi connectivity index (χ4n) is 2.56. The normalized spacial score (nSPS) is 16.3. The number of nitrogens with zero attached hydrogens (tertiary/aromatic N) is 2. The maximum Gasteiger partial charge on any atom is 0.0870 e. The SMILES string of the molecule is NC(=S)CN(Cc1cncc(Br)c1)C1CCCC1. The number of thiocarbonyl (C=S) groups is 1. The standard InChI is InChI=1S/C13H18BrN3S/c14-11-5-10(6-16-7-11)8-17(9-13(15)18)12-3-1-2-4-12/h5-7,12H,1-4,8-9H2,(H2,15,18). The van der Waals surface area contributed by atoms with Crippen molar-refractivity contribution in [1.82, 2.24) is 9.88 Å². The first-order valence-corrected chi connectivity index (χ1v) is 7.47. The highest BCUT2D eigenvalue weighted by molar-refractivity contribution is 9.10. The van der Waals surface area contributed by atoms with Crippen molar-refractivity contribution in [3.63, 3.8) is 0 Å². The zero-order valence-electron chi connectivity index (χ0n) is 10.3. The summed E-state index contributed by atoms with van der Waals surface area (Å²) in [4.78, 5) is 7.17. The van der Waals surface area contributed by atoms with Crippen LogP contribution in [-0.4, -0.2) is 27.5 Å². The van der Waals surface area contributed by atoms with E-state index in [1.165, 1.54) is 31.2 Å². The molecule has 1 aliphatic rings. The number of pyridine rings is 1. The highest BCUT2D eigenvalue weighted by atomic mass is 79.9. The fourth-order valence-corrected chi connectivity index (χ4v) is 3.14. The lowest BCUT2D eigenvalue weighted by molar-refractivity contribution is 0.218. The largest absolute Gasteiger partial charge is 0.392 e. The summed E-state index contributed by atoms with van der Waals surface area (Å²) in [5, 5.41) is 0. The molecule has 0 aromatic carbocycles. The number of aromatic nitrogens is 1. The van der Waals surface area contributed by atoms with Gasteiger partial charge in [0.15, 0.2) is 0 Å². The van der Waals surface area contributed by atoms with Crippen LogP contribution in [0.3, 0.4) is 0 Å². The predicted molar refractivity (Wildman–Crippen MR) is 81.4 cm³/mol. The predicted octanol–water partition coefficient (Wildman–Crippen LogP) is 2.87. The van der Waals surface area contributed by atoms with Gasteiger partial charge in [-0.2, -0.15) is 0 Å². The van der Waals surface area contributed by atoms with Gasteiger partial charge in [0.1, 0.15) is 0 Å². The van der Waals surface area contributed by atoms with Crippen molar-refractivity contribution in [2.45, 2.75) is 38.3 Å². The molecule has 0 bridgehead atoms. The van der Waals surface area contributed by atoms with E-state index in [2.05, 4.69) is 31.9 Å². The third-order valence-corrected chi connectivity index (χ3v) is 3.91. The van der Waals surface area contributed by atoms with E-state index in [-0.39, 0.29) is 0 Å². The second kappa shape index (κ2) is 6.59. The highest BCUT2D eigenvalue weighted by Crippen LogP contribution is 2.25. The van der Waals surface area contributed by atoms with Gasteiger partial charge in [-0.15, -0.1) is 0 Å². The van der Waals surface area contributed by atoms with Crippen LogP contribution in [0.2, 0.25) is 0 Å². The maximum atomic E-state index is 5.71. The number of hydrogen-bond donors (Lipinski definition) is 1. The Hall–Kier alpha value is -0.520. The van der Waals surface area contributed by atoms with Gasteiger partial charge in [-0.3, -0.25) is 9.88 Å². The van der Waals surface area contributed by atoms with Crippen LogP contribution >= 0.6 is 28.1 Å². The van der Waals surface area contributed by atoms with Crippen LogP contribution in [0.1, 0.15) is 31.2 Å². The van der Waals surface area contributed by atoms with Gasteiger partial charge in [-0.25, -0.2) is 0 Å². The smallest absolute Gasteiger partial charge is 0.0870 e. The fraction of sp³-hybridized carbons (Fsp3) is 0.538. The molecule has 0 atom stereocenters. The Morgan fingerprint density at radius 3 is 2.78 bits per heavy atom. The Morgan fingerprint density at radius 2 is 2.17 bits per heavy atom. The van der Waals surface area contributed by atoms with Crippen molar-refractivity contribution < 1.29 is 0 Å². The lowest BCUT2D eigenvalue weighted by Gasteiger charge is -2.28. The quantitative estimate of drug-likeness (QED) is 0.844. The lowest BCUT2D eigenvalue weighted by atomic mass is 10.1. The first-order chi connectivity index (χ1) is 8.65. The Labute approximate surface area is 122 Å². The maximum absolute atomic E-state index is 5.71. The van der Waals surface area contributed by atoms with Crippen molar-refractivity contribution in [3.8, 4) is 0 Å². The molecule has 0 unspecified atom stereocenters. The lowest BCUT2D eigenvalue weighted by Crippen LogP contribution is -2.38. The number of rotatable bonds is 5. The van der Waals surface area contributed by atoms with Crippen molar-refractivity contribution in [2.75, 3.05) is 6.54 Å². The van der Waals surface area contributed by atoms with E-state index in [0.717, 1.165) is 11.0 Å². The van der Waals surface area contributed by atoms with Gasteiger partial charge >= 0.3 is 0 Å². The van der Waals surface area contributed by atoms with Gasteiger partial charge in [0.2, 0.25) is 0 Å². The number of halogens is 1. The van der Waals surface area contributed by atoms with E-state index >= 15 is 0 Å². The van der Waals surface area contributed by atoms with E-state index < -0.39 is 0 Å². The zero-order valence-corrected chi connectivity index (χ0v) is 12.7. The van der Waals surface area contributed by atoms with E-state index in [0.29, 0.717) is 17.6 Å². The third kappa shape index (κ3) is 4.00. The van der Waals surface area contributed by atoms with Crippen LogP contribution in [0.25, 0.3) is 0 Å². The molecule has 1 heterocycles. The summed E-state index contributed by atoms with van der Waals surface area (Å²) in [5.41, 5.74) is 6.91. The summed E-state index contributed by atoms with van der Waals surface area (Å²) in [6.45, 7) is 1.57. The van der Waals surface area contributed by atoms with Gasteiger partial charge in [-0.1, -0.05) is 25.1 Å². The van der Waals surface area contributed by atoms with Gasteiger partial charge in [-0.05, 0) is 40.4 Å². The average molecular weight is 328 g/mol. The van der Waals surface area contributed by atoms with Crippen LogP contribution in [0.15, 0.2) is 22.9 Å². The van der Waals surface area contributed by atoms with Gasteiger partial charge < -0.3 is 5.73 Å². The second-order valence-corrected chi connectivity index (χ2v) is 6.26. The minimum atomic E-state index is 0.574. The van der Waals surface area contributed by atoms with Crippen LogP contribution < -0.4 is 5.73 Å². The van der Waals surface area contributed by atoms with Gasteiger partial charge in [0, 0.05) is 36.0 Å². The summed E-state index contributed by atoms with van der Waals surface area (Å²) in [6, 6.07) is 2.72. The van der Waals surface area contributed by atoms with Crippen molar-refractivity contribution >= 4 is 33.1 Å². The first-order valence-electron chi connectivity index (χ1n) is 6.27. The van der Waals surface area contributed by atoms with Crippen molar-refractivity contribution in [2.24, 2.45) is 5.73 Å². The molecule has 3 nitrogen and oxygen atoms in total. The second-order valence-electron chi connectivity index (χ2n) is 4.82. The minimum absolute atomic E-state index is 0.574. The summed E-state index contributed by atoms with van der Waals surface area (Å²) in [5.74, 6) is 0. The Bertz CT molecular complexity index is 418. The highest BCUT2D eigenvalue weighted by Gasteiger charge is 2.23. The Kier molecular flexibility index (Phi) is 5.09. The third-order valence-electron chi connectivity index (χ3n) is 3.35. The molecule has 0 amide bonds. The summed E-state index contributed by atoms with van der Waals surface area (Å²) in [6.07, 6.45) is 8.85. The monoisotopic (exact) mass is 327 g/mol. The van der Waals surface area contributed by atoms with E-state index in [4.69, 9.17) is 18.0 Å². The Balaban J connectivity index is 2.06. The molecule has 1 aromatic rings. The molecule has 0 spiro atoms. The number of nitrogens with two attached hydrogens (primary N) is 1. The minimum Gasteiger partial charge on any atom is -0.392 e. The molecule has 2 rings (SSSR count). The molecule has 0 aliphatic heterocycles. The van der Waals surface area contributed by atoms with E-state index in [1.54, 1.807) is 6.20 Å². The molecule has 1 aliphatic carbocycles. The number of hydrogen-bond acceptors (Lipinski definition) is 3. The van der Waals surface area contributed by atoms with Crippen molar-refractivity contribution in [1.29, 1.82) is 0 Å². The zero-order chi connectivity index (χ0) is 13.0. The van der Waals surface area contributed by atoms with E-state index in [1.807, 2.05) is 6.20 Å². The summed E-state index contributed by atoms with van der Waals surface area (Å²) in [7, 11) is 0. The van der Waals surface area contributed by atoms with Crippen LogP contribution in [0, 0.1) is 0 Å². The van der Waals surface area contributed by atoms with Gasteiger partial charge in [0.25, 0.3) is 0 Å². The molecule has 1 fully saturated rings. The molecule has 98 valence electrons. The summed E-state index contributed by atoms with van der Waals surface area (Å²) >= 11 is 8.52. The molecule has 0 saturated heterocycles. The van der Waals surface area contributed by atoms with Crippen molar-refractivity contribution in [3.05, 3.63) is 28.5 Å².